The van der Waals surface area contributed by atoms with Gasteiger partial charge in [-0.2, -0.15) is 0 Å². The van der Waals surface area contributed by atoms with E-state index in [9.17, 15) is 9.59 Å². The minimum atomic E-state index is -1.02. The predicted molar refractivity (Wildman–Crippen MR) is 68.1 cm³/mol. The van der Waals surface area contributed by atoms with Crippen molar-refractivity contribution in [1.29, 1.82) is 0 Å². The molecule has 1 heterocycles. The maximum absolute atomic E-state index is 12.0. The highest BCUT2D eigenvalue weighted by Gasteiger charge is 2.23. The Labute approximate surface area is 112 Å². The van der Waals surface area contributed by atoms with E-state index >= 15 is 0 Å². The Balaban J connectivity index is 2.42. The van der Waals surface area contributed by atoms with Crippen LogP contribution in [0.3, 0.4) is 0 Å². The summed E-state index contributed by atoms with van der Waals surface area (Å²) in [5.74, 6) is -1.02. The van der Waals surface area contributed by atoms with Crippen molar-refractivity contribution in [2.24, 2.45) is 0 Å². The summed E-state index contributed by atoms with van der Waals surface area (Å²) in [6, 6.07) is -1.21. The molecular formula is C12H22N2O5. The van der Waals surface area contributed by atoms with Crippen molar-refractivity contribution in [3.05, 3.63) is 0 Å². The van der Waals surface area contributed by atoms with E-state index in [0.29, 0.717) is 45.8 Å². The fourth-order valence-corrected chi connectivity index (χ4v) is 1.88. The van der Waals surface area contributed by atoms with E-state index in [2.05, 4.69) is 5.32 Å². The average molecular weight is 274 g/mol. The second kappa shape index (κ2) is 8.71. The molecule has 0 radical (unpaired) electrons. The molecule has 110 valence electrons. The molecule has 1 unspecified atom stereocenters. The minimum absolute atomic E-state index is 0.338. The molecule has 1 atom stereocenters. The molecule has 0 spiro atoms. The van der Waals surface area contributed by atoms with E-state index in [1.807, 2.05) is 0 Å². The number of carboxylic acids is 1. The molecule has 1 rings (SSSR count). The molecule has 7 heteroatoms. The Kier molecular flexibility index (Phi) is 7.20. The first-order chi connectivity index (χ1) is 9.15. The number of carbonyl (C=O) groups is 2. The number of amides is 2. The summed E-state index contributed by atoms with van der Waals surface area (Å²) in [7, 11) is 1.56. The largest absolute Gasteiger partial charge is 0.480 e. The van der Waals surface area contributed by atoms with Crippen molar-refractivity contribution in [2.75, 3.05) is 40.0 Å². The number of carboxylic acid groups (broad SMARTS) is 1. The summed E-state index contributed by atoms with van der Waals surface area (Å²) >= 11 is 0. The maximum atomic E-state index is 12.0. The molecule has 0 bridgehead atoms. The molecule has 2 N–H and O–H groups in total. The van der Waals surface area contributed by atoms with Crippen LogP contribution in [0.5, 0.6) is 0 Å². The number of aliphatic carboxylic acids is 1. The van der Waals surface area contributed by atoms with Crippen LogP contribution >= 0.6 is 0 Å². The van der Waals surface area contributed by atoms with Crippen LogP contribution in [0, 0.1) is 0 Å². The highest BCUT2D eigenvalue weighted by atomic mass is 16.5. The second-order valence-corrected chi connectivity index (χ2v) is 4.43. The molecule has 0 saturated carbocycles. The molecular weight excluding hydrogens is 252 g/mol. The fourth-order valence-electron chi connectivity index (χ4n) is 1.88. The van der Waals surface area contributed by atoms with E-state index in [-0.39, 0.29) is 6.03 Å². The van der Waals surface area contributed by atoms with Gasteiger partial charge in [0.25, 0.3) is 0 Å². The first-order valence-corrected chi connectivity index (χ1v) is 6.50. The van der Waals surface area contributed by atoms with Crippen LogP contribution in [0.1, 0.15) is 19.3 Å². The highest BCUT2D eigenvalue weighted by Crippen LogP contribution is 2.03. The Morgan fingerprint density at radius 3 is 2.89 bits per heavy atom. The number of carbonyl (C=O) groups excluding carboxylic acids is 1. The lowest BCUT2D eigenvalue weighted by Gasteiger charge is -2.23. The third kappa shape index (κ3) is 5.89. The molecule has 2 amide bonds. The van der Waals surface area contributed by atoms with Gasteiger partial charge in [-0.15, -0.1) is 0 Å². The smallest absolute Gasteiger partial charge is 0.326 e. The molecule has 0 aliphatic carbocycles. The Hall–Kier alpha value is -1.34. The van der Waals surface area contributed by atoms with Crippen LogP contribution in [-0.4, -0.2) is 68.1 Å². The number of rotatable bonds is 6. The van der Waals surface area contributed by atoms with Gasteiger partial charge in [-0.3, -0.25) is 0 Å². The van der Waals surface area contributed by atoms with Crippen molar-refractivity contribution >= 4 is 12.0 Å². The Bertz CT molecular complexity index is 290. The van der Waals surface area contributed by atoms with Gasteiger partial charge in [0.2, 0.25) is 0 Å². The first kappa shape index (κ1) is 15.7. The van der Waals surface area contributed by atoms with E-state index in [1.54, 1.807) is 12.0 Å². The van der Waals surface area contributed by atoms with E-state index in [4.69, 9.17) is 14.6 Å². The average Bonchev–Trinajstić information content (AvgIpc) is 2.66. The standard InChI is InChI=1S/C12H22N2O5/c1-18-7-2-4-10(11(15)16)13-12(17)14-5-3-8-19-9-6-14/h10H,2-9H2,1H3,(H,13,17)(H,15,16). The van der Waals surface area contributed by atoms with Crippen LogP contribution in [0.25, 0.3) is 0 Å². The van der Waals surface area contributed by atoms with Crippen LogP contribution in [0.15, 0.2) is 0 Å². The minimum Gasteiger partial charge on any atom is -0.480 e. The van der Waals surface area contributed by atoms with Crippen molar-refractivity contribution in [1.82, 2.24) is 10.2 Å². The van der Waals surface area contributed by atoms with Gasteiger partial charge in [-0.05, 0) is 19.3 Å². The van der Waals surface area contributed by atoms with Gasteiger partial charge in [-0.25, -0.2) is 9.59 Å². The summed E-state index contributed by atoms with van der Waals surface area (Å²) in [6.45, 7) is 2.71. The third-order valence-corrected chi connectivity index (χ3v) is 2.95. The number of ether oxygens (including phenoxy) is 2. The Morgan fingerprint density at radius 2 is 2.21 bits per heavy atom. The van der Waals surface area contributed by atoms with Crippen LogP contribution in [0.2, 0.25) is 0 Å². The molecule has 0 aromatic rings. The molecule has 19 heavy (non-hydrogen) atoms. The van der Waals surface area contributed by atoms with Crippen molar-refractivity contribution in [3.8, 4) is 0 Å². The summed E-state index contributed by atoms with van der Waals surface area (Å²) in [5, 5.41) is 11.6. The van der Waals surface area contributed by atoms with Crippen molar-refractivity contribution in [2.45, 2.75) is 25.3 Å². The number of nitrogens with one attached hydrogen (secondary N) is 1. The second-order valence-electron chi connectivity index (χ2n) is 4.43. The maximum Gasteiger partial charge on any atom is 0.326 e. The highest BCUT2D eigenvalue weighted by molar-refractivity contribution is 5.82. The molecule has 1 fully saturated rings. The lowest BCUT2D eigenvalue weighted by atomic mass is 10.1. The van der Waals surface area contributed by atoms with Gasteiger partial charge < -0.3 is 24.8 Å². The Morgan fingerprint density at radius 1 is 1.42 bits per heavy atom. The summed E-state index contributed by atoms with van der Waals surface area (Å²) in [4.78, 5) is 24.6. The van der Waals surface area contributed by atoms with E-state index in [0.717, 1.165) is 6.42 Å². The number of nitrogens with zero attached hydrogens (tertiary/aromatic N) is 1. The van der Waals surface area contributed by atoms with Crippen molar-refractivity contribution in [3.63, 3.8) is 0 Å². The van der Waals surface area contributed by atoms with Gasteiger partial charge in [0.05, 0.1) is 6.61 Å². The van der Waals surface area contributed by atoms with Crippen molar-refractivity contribution < 1.29 is 24.2 Å². The fraction of sp³-hybridized carbons (Fsp3) is 0.833. The molecule has 7 nitrogen and oxygen atoms in total. The van der Waals surface area contributed by atoms with Crippen LogP contribution in [-0.2, 0) is 14.3 Å². The zero-order chi connectivity index (χ0) is 14.1. The molecule has 1 aliphatic heterocycles. The lowest BCUT2D eigenvalue weighted by molar-refractivity contribution is -0.139. The quantitative estimate of drug-likeness (QED) is 0.680. The van der Waals surface area contributed by atoms with Gasteiger partial charge in [-0.1, -0.05) is 0 Å². The van der Waals surface area contributed by atoms with E-state index < -0.39 is 12.0 Å². The SMILES string of the molecule is COCCCC(NC(=O)N1CCCOCC1)C(=O)O. The van der Waals surface area contributed by atoms with Gasteiger partial charge in [0, 0.05) is 33.4 Å². The zero-order valence-electron chi connectivity index (χ0n) is 11.3. The third-order valence-electron chi connectivity index (χ3n) is 2.95. The summed E-state index contributed by atoms with van der Waals surface area (Å²) in [5.41, 5.74) is 0. The number of hydrogen-bond acceptors (Lipinski definition) is 4. The topological polar surface area (TPSA) is 88.1 Å². The van der Waals surface area contributed by atoms with Gasteiger partial charge in [0.1, 0.15) is 6.04 Å². The molecule has 1 saturated heterocycles. The predicted octanol–water partition coefficient (Wildman–Crippen LogP) is 0.298. The van der Waals surface area contributed by atoms with Crippen LogP contribution < -0.4 is 5.32 Å². The summed E-state index contributed by atoms with van der Waals surface area (Å²) in [6.07, 6.45) is 1.73. The molecule has 1 aliphatic rings. The van der Waals surface area contributed by atoms with Gasteiger partial charge >= 0.3 is 12.0 Å². The normalized spacial score (nSPS) is 17.6. The van der Waals surface area contributed by atoms with Gasteiger partial charge in [0.15, 0.2) is 0 Å². The first-order valence-electron chi connectivity index (χ1n) is 6.50. The number of methoxy groups -OCH3 is 1. The molecule has 0 aromatic heterocycles. The zero-order valence-corrected chi connectivity index (χ0v) is 11.3. The summed E-state index contributed by atoms with van der Waals surface area (Å²) < 4.78 is 10.1. The van der Waals surface area contributed by atoms with E-state index in [1.165, 1.54) is 0 Å². The number of hydrogen-bond donors (Lipinski definition) is 2. The number of urea groups is 1. The molecule has 0 aromatic carbocycles. The monoisotopic (exact) mass is 274 g/mol. The van der Waals surface area contributed by atoms with Crippen LogP contribution in [0.4, 0.5) is 4.79 Å². The lowest BCUT2D eigenvalue weighted by Crippen LogP contribution is -2.48.